The molecule has 0 saturated heterocycles. The molecular formula is C11H18N6OS. The fourth-order valence-corrected chi connectivity index (χ4v) is 3.88. The number of primary amides is 1. The van der Waals surface area contributed by atoms with Gasteiger partial charge in [-0.25, -0.2) is 4.68 Å². The quantitative estimate of drug-likeness (QED) is 0.817. The predicted octanol–water partition coefficient (Wildman–Crippen LogP) is 0.225. The number of hydrogen-bond donors (Lipinski definition) is 2. The largest absolute Gasteiger partial charge is 0.368 e. The van der Waals surface area contributed by atoms with Crippen LogP contribution in [0.1, 0.15) is 44.6 Å². The minimum Gasteiger partial charge on any atom is -0.368 e. The van der Waals surface area contributed by atoms with Gasteiger partial charge in [-0.3, -0.25) is 4.79 Å². The molecule has 2 unspecified atom stereocenters. The summed E-state index contributed by atoms with van der Waals surface area (Å²) >= 11 is 1.62. The van der Waals surface area contributed by atoms with Crippen LogP contribution in [-0.4, -0.2) is 36.9 Å². The van der Waals surface area contributed by atoms with Crippen molar-refractivity contribution in [2.75, 3.05) is 0 Å². The molecule has 3 rings (SSSR count). The zero-order valence-corrected chi connectivity index (χ0v) is 11.5. The lowest BCUT2D eigenvalue weighted by Gasteiger charge is -2.34. The first-order valence-corrected chi connectivity index (χ1v) is 7.50. The maximum atomic E-state index is 11.5. The van der Waals surface area contributed by atoms with Crippen LogP contribution in [-0.2, 0) is 4.79 Å². The van der Waals surface area contributed by atoms with Gasteiger partial charge in [0.15, 0.2) is 0 Å². The highest BCUT2D eigenvalue weighted by atomic mass is 32.2. The van der Waals surface area contributed by atoms with Crippen LogP contribution in [0.2, 0.25) is 0 Å². The van der Waals surface area contributed by atoms with E-state index in [1.54, 1.807) is 11.8 Å². The summed E-state index contributed by atoms with van der Waals surface area (Å²) in [5, 5.41) is 12.9. The Balaban J connectivity index is 1.69. The molecule has 0 radical (unpaired) electrons. The van der Waals surface area contributed by atoms with Crippen LogP contribution >= 0.6 is 11.8 Å². The topological polar surface area (TPSA) is 113 Å². The highest BCUT2D eigenvalue weighted by Gasteiger charge is 2.39. The van der Waals surface area contributed by atoms with Crippen molar-refractivity contribution < 1.29 is 4.79 Å². The van der Waals surface area contributed by atoms with Gasteiger partial charge < -0.3 is 11.5 Å². The molecule has 0 spiro atoms. The summed E-state index contributed by atoms with van der Waals surface area (Å²) in [4.78, 5) is 11.5. The summed E-state index contributed by atoms with van der Waals surface area (Å²) < 4.78 is 1.89. The van der Waals surface area contributed by atoms with Crippen molar-refractivity contribution in [3.8, 4) is 0 Å². The number of rotatable bonds is 4. The number of nitrogens with two attached hydrogens (primary N) is 2. The van der Waals surface area contributed by atoms with Gasteiger partial charge in [0, 0.05) is 5.25 Å². The predicted molar refractivity (Wildman–Crippen MR) is 70.3 cm³/mol. The van der Waals surface area contributed by atoms with Crippen LogP contribution in [0.5, 0.6) is 0 Å². The number of aromatic nitrogens is 4. The number of nitrogens with zero attached hydrogens (tertiary/aromatic N) is 4. The molecule has 4 N–H and O–H groups in total. The van der Waals surface area contributed by atoms with Crippen LogP contribution in [0, 0.1) is 0 Å². The molecule has 1 aromatic heterocycles. The number of tetrazole rings is 1. The molecule has 0 aromatic carbocycles. The minimum absolute atomic E-state index is 0.259. The first kappa shape index (κ1) is 12.9. The second-order valence-electron chi connectivity index (χ2n) is 5.49. The minimum atomic E-state index is -0.867. The van der Waals surface area contributed by atoms with Crippen molar-refractivity contribution >= 4 is 17.7 Å². The summed E-state index contributed by atoms with van der Waals surface area (Å²) in [6, 6.07) is 0.458. The highest BCUT2D eigenvalue weighted by molar-refractivity contribution is 7.99. The molecule has 2 atom stereocenters. The zero-order chi connectivity index (χ0) is 13.5. The van der Waals surface area contributed by atoms with E-state index in [1.807, 2.05) is 4.68 Å². The number of amides is 1. The Morgan fingerprint density at radius 1 is 1.42 bits per heavy atom. The first-order chi connectivity index (χ1) is 9.08. The van der Waals surface area contributed by atoms with Gasteiger partial charge in [0.2, 0.25) is 11.1 Å². The number of thioether (sulfide) groups is 1. The normalized spacial score (nSPS) is 31.3. The summed E-state index contributed by atoms with van der Waals surface area (Å²) in [5.74, 6) is -0.403. The Morgan fingerprint density at radius 3 is 2.89 bits per heavy atom. The molecule has 1 aromatic rings. The third-order valence-corrected chi connectivity index (χ3v) is 5.07. The van der Waals surface area contributed by atoms with Gasteiger partial charge in [0.25, 0.3) is 0 Å². The lowest BCUT2D eigenvalue weighted by atomic mass is 9.82. The molecule has 104 valence electrons. The standard InChI is InChI=1S/C11H18N6OS/c12-9(18)11(13)5-1-2-8(6-11)19-10-14-15-16-17(10)7-3-4-7/h7-8H,1-6,13H2,(H2,12,18). The summed E-state index contributed by atoms with van der Waals surface area (Å²) in [7, 11) is 0. The lowest BCUT2D eigenvalue weighted by molar-refractivity contribution is -0.124. The van der Waals surface area contributed by atoms with Gasteiger partial charge >= 0.3 is 0 Å². The molecule has 19 heavy (non-hydrogen) atoms. The van der Waals surface area contributed by atoms with Crippen molar-refractivity contribution in [3.63, 3.8) is 0 Å². The number of carbonyl (C=O) groups is 1. The maximum absolute atomic E-state index is 11.5. The van der Waals surface area contributed by atoms with Crippen molar-refractivity contribution in [1.82, 2.24) is 20.2 Å². The Bertz CT molecular complexity index is 487. The van der Waals surface area contributed by atoms with E-state index in [-0.39, 0.29) is 5.25 Å². The van der Waals surface area contributed by atoms with Crippen LogP contribution < -0.4 is 11.5 Å². The first-order valence-electron chi connectivity index (χ1n) is 6.62. The van der Waals surface area contributed by atoms with Crippen LogP contribution in [0.15, 0.2) is 5.16 Å². The van der Waals surface area contributed by atoms with Crippen LogP contribution in [0.25, 0.3) is 0 Å². The molecule has 2 fully saturated rings. The second kappa shape index (κ2) is 4.75. The summed E-state index contributed by atoms with van der Waals surface area (Å²) in [5.41, 5.74) is 10.6. The fourth-order valence-electron chi connectivity index (χ4n) is 2.54. The molecule has 1 amide bonds. The van der Waals surface area contributed by atoms with Gasteiger partial charge in [0.1, 0.15) is 0 Å². The average Bonchev–Trinajstić information content (AvgIpc) is 3.11. The van der Waals surface area contributed by atoms with E-state index in [4.69, 9.17) is 11.5 Å². The van der Waals surface area contributed by atoms with E-state index in [1.165, 1.54) is 0 Å². The van der Waals surface area contributed by atoms with E-state index in [0.717, 1.165) is 30.8 Å². The fraction of sp³-hybridized carbons (Fsp3) is 0.818. The van der Waals surface area contributed by atoms with E-state index in [0.29, 0.717) is 18.9 Å². The molecule has 8 heteroatoms. The summed E-state index contributed by atoms with van der Waals surface area (Å²) in [6.45, 7) is 0. The molecule has 2 aliphatic carbocycles. The molecule has 0 aliphatic heterocycles. The van der Waals surface area contributed by atoms with Gasteiger partial charge in [-0.1, -0.05) is 11.8 Å². The Labute approximate surface area is 115 Å². The van der Waals surface area contributed by atoms with E-state index in [2.05, 4.69) is 15.5 Å². The van der Waals surface area contributed by atoms with Crippen LogP contribution in [0.4, 0.5) is 0 Å². The van der Waals surface area contributed by atoms with Crippen molar-refractivity contribution in [3.05, 3.63) is 0 Å². The van der Waals surface area contributed by atoms with E-state index >= 15 is 0 Å². The van der Waals surface area contributed by atoms with Crippen molar-refractivity contribution in [2.24, 2.45) is 11.5 Å². The number of carbonyl (C=O) groups excluding carboxylic acids is 1. The van der Waals surface area contributed by atoms with Gasteiger partial charge in [0.05, 0.1) is 11.6 Å². The van der Waals surface area contributed by atoms with E-state index in [9.17, 15) is 4.79 Å². The Morgan fingerprint density at radius 2 is 2.21 bits per heavy atom. The molecule has 0 bridgehead atoms. The molecule has 1 heterocycles. The van der Waals surface area contributed by atoms with Gasteiger partial charge in [-0.05, 0) is 49.0 Å². The SMILES string of the molecule is NC(=O)C1(N)CCCC(Sc2nnnn2C2CC2)C1. The highest BCUT2D eigenvalue weighted by Crippen LogP contribution is 2.40. The van der Waals surface area contributed by atoms with Crippen molar-refractivity contribution in [1.29, 1.82) is 0 Å². The van der Waals surface area contributed by atoms with E-state index < -0.39 is 11.4 Å². The monoisotopic (exact) mass is 282 g/mol. The third kappa shape index (κ3) is 2.59. The third-order valence-electron chi connectivity index (χ3n) is 3.86. The van der Waals surface area contributed by atoms with Gasteiger partial charge in [-0.2, -0.15) is 0 Å². The molecule has 2 saturated carbocycles. The smallest absolute Gasteiger partial charge is 0.237 e. The lowest BCUT2D eigenvalue weighted by Crippen LogP contribution is -2.55. The second-order valence-corrected chi connectivity index (χ2v) is 6.76. The molecular weight excluding hydrogens is 264 g/mol. The van der Waals surface area contributed by atoms with Gasteiger partial charge in [-0.15, -0.1) is 5.10 Å². The summed E-state index contributed by atoms with van der Waals surface area (Å²) in [6.07, 6.45) is 5.50. The Kier molecular flexibility index (Phi) is 3.22. The number of hydrogen-bond acceptors (Lipinski definition) is 6. The Hall–Kier alpha value is -1.15. The zero-order valence-electron chi connectivity index (χ0n) is 10.7. The maximum Gasteiger partial charge on any atom is 0.237 e. The van der Waals surface area contributed by atoms with Crippen LogP contribution in [0.3, 0.4) is 0 Å². The molecule has 7 nitrogen and oxygen atoms in total. The molecule has 2 aliphatic rings. The van der Waals surface area contributed by atoms with Crippen molar-refractivity contribution in [2.45, 2.75) is 60.5 Å². The average molecular weight is 282 g/mol.